The van der Waals surface area contributed by atoms with E-state index in [4.69, 9.17) is 4.52 Å². The van der Waals surface area contributed by atoms with Gasteiger partial charge in [0.25, 0.3) is 0 Å². The molecular formula is C35H34OP2. The maximum absolute atomic E-state index is 6.74. The fourth-order valence-corrected chi connectivity index (χ4v) is 12.1. The third-order valence-corrected chi connectivity index (χ3v) is 13.8. The van der Waals surface area contributed by atoms with Crippen molar-refractivity contribution in [1.29, 1.82) is 0 Å². The molecule has 6 rings (SSSR count). The van der Waals surface area contributed by atoms with Gasteiger partial charge in [0.05, 0.1) is 8.15 Å². The molecule has 2 aliphatic rings. The molecular weight excluding hydrogens is 498 g/mol. The predicted octanol–water partition coefficient (Wildman–Crippen LogP) is 10.3. The van der Waals surface area contributed by atoms with E-state index in [1.807, 2.05) is 0 Å². The Morgan fingerprint density at radius 2 is 1.24 bits per heavy atom. The molecule has 0 saturated carbocycles. The quantitative estimate of drug-likeness (QED) is 0.215. The average Bonchev–Trinajstić information content (AvgIpc) is 3.54. The molecule has 2 heterocycles. The Morgan fingerprint density at radius 1 is 0.711 bits per heavy atom. The monoisotopic (exact) mass is 532 g/mol. The summed E-state index contributed by atoms with van der Waals surface area (Å²) in [6.45, 7) is 5.39. The van der Waals surface area contributed by atoms with E-state index in [1.165, 1.54) is 32.9 Å². The second kappa shape index (κ2) is 11.1. The predicted molar refractivity (Wildman–Crippen MR) is 166 cm³/mol. The van der Waals surface area contributed by atoms with Crippen LogP contribution in [0.15, 0.2) is 133 Å². The topological polar surface area (TPSA) is 9.23 Å². The van der Waals surface area contributed by atoms with Crippen LogP contribution in [0.25, 0.3) is 10.6 Å². The van der Waals surface area contributed by atoms with Crippen molar-refractivity contribution in [1.82, 2.24) is 0 Å². The highest BCUT2D eigenvalue weighted by molar-refractivity contribution is 7.69. The minimum absolute atomic E-state index is 0.00348. The van der Waals surface area contributed by atoms with Crippen molar-refractivity contribution in [3.05, 3.63) is 156 Å². The zero-order valence-electron chi connectivity index (χ0n) is 22.1. The van der Waals surface area contributed by atoms with E-state index in [1.54, 1.807) is 0 Å². The highest BCUT2D eigenvalue weighted by Gasteiger charge is 2.55. The van der Waals surface area contributed by atoms with Crippen molar-refractivity contribution < 1.29 is 4.52 Å². The zero-order chi connectivity index (χ0) is 26.0. The van der Waals surface area contributed by atoms with Gasteiger partial charge in [-0.05, 0) is 47.6 Å². The van der Waals surface area contributed by atoms with E-state index in [-0.39, 0.29) is 5.16 Å². The van der Waals surface area contributed by atoms with Gasteiger partial charge >= 0.3 is 0 Å². The molecule has 4 aromatic rings. The minimum atomic E-state index is -0.841. The van der Waals surface area contributed by atoms with Crippen LogP contribution in [0.2, 0.25) is 0 Å². The fraction of sp³-hybridized carbons (Fsp3) is 0.200. The lowest BCUT2D eigenvalue weighted by atomic mass is 9.78. The lowest BCUT2D eigenvalue weighted by molar-refractivity contribution is 0.364. The first-order chi connectivity index (χ1) is 18.7. The maximum atomic E-state index is 6.74. The van der Waals surface area contributed by atoms with Crippen LogP contribution < -0.4 is 0 Å². The van der Waals surface area contributed by atoms with Crippen molar-refractivity contribution in [2.75, 3.05) is 13.3 Å². The van der Waals surface area contributed by atoms with Crippen molar-refractivity contribution in [3.63, 3.8) is 0 Å². The first kappa shape index (κ1) is 25.5. The van der Waals surface area contributed by atoms with Crippen LogP contribution in [-0.2, 0) is 9.68 Å². The molecule has 38 heavy (non-hydrogen) atoms. The molecule has 0 aromatic heterocycles. The lowest BCUT2D eigenvalue weighted by Crippen LogP contribution is -2.32. The van der Waals surface area contributed by atoms with Crippen molar-refractivity contribution in [2.24, 2.45) is 5.92 Å². The van der Waals surface area contributed by atoms with Crippen LogP contribution in [0.3, 0.4) is 0 Å². The molecule has 1 nitrogen and oxygen atoms in total. The third kappa shape index (κ3) is 4.42. The summed E-state index contributed by atoms with van der Waals surface area (Å²) in [7, 11) is -1.34. The van der Waals surface area contributed by atoms with Crippen LogP contribution >= 0.6 is 16.1 Å². The van der Waals surface area contributed by atoms with Gasteiger partial charge < -0.3 is 4.52 Å². The third-order valence-electron chi connectivity index (χ3n) is 8.11. The molecule has 4 aromatic carbocycles. The van der Waals surface area contributed by atoms with Gasteiger partial charge in [-0.25, -0.2) is 0 Å². The summed E-state index contributed by atoms with van der Waals surface area (Å²) in [5.41, 5.74) is 5.82. The van der Waals surface area contributed by atoms with Gasteiger partial charge in [0.2, 0.25) is 0 Å². The second-order valence-corrected chi connectivity index (χ2v) is 14.4. The summed E-state index contributed by atoms with van der Waals surface area (Å²) in [5, 5.41) is 2.92. The second-order valence-electron chi connectivity index (χ2n) is 10.1. The van der Waals surface area contributed by atoms with Crippen molar-refractivity contribution in [3.8, 4) is 0 Å². The summed E-state index contributed by atoms with van der Waals surface area (Å²) in [6.07, 6.45) is 6.22. The van der Waals surface area contributed by atoms with Gasteiger partial charge in [-0.3, -0.25) is 0 Å². The average molecular weight is 533 g/mol. The number of hydrogen-bond acceptors (Lipinski definition) is 1. The molecule has 0 saturated heterocycles. The molecule has 0 bridgehead atoms. The number of allylic oxidation sites excluding steroid dienone is 2. The van der Waals surface area contributed by atoms with Crippen LogP contribution in [0, 0.1) is 5.92 Å². The standard InChI is InChI=1S/C35H34OP2/c1-3-36-38-33(28-18-10-5-11-19-28)26-31(34(38)29-20-12-6-13-21-29)35(30-22-14-7-15-23-30)25-24-32(37(35)2)27-16-8-4-9-17-27/h4-24,26,31,34H,3,25H2,1-2H3/t31-,34+,35-,37?,38?/m1/s1. The Bertz CT molecular complexity index is 1420. The number of hydrogen-bond donors (Lipinski definition) is 0. The zero-order valence-corrected chi connectivity index (χ0v) is 23.9. The van der Waals surface area contributed by atoms with Crippen molar-refractivity contribution >= 4 is 26.7 Å². The summed E-state index contributed by atoms with van der Waals surface area (Å²) in [4.78, 5) is 0. The summed E-state index contributed by atoms with van der Waals surface area (Å²) in [5.74, 6) is 0.328. The normalized spacial score (nSPS) is 26.7. The fourth-order valence-electron chi connectivity index (χ4n) is 6.40. The van der Waals surface area contributed by atoms with Crippen LogP contribution in [0.1, 0.15) is 41.3 Å². The molecule has 0 radical (unpaired) electrons. The molecule has 0 amide bonds. The molecule has 0 spiro atoms. The number of benzene rings is 4. The molecule has 0 aliphatic carbocycles. The van der Waals surface area contributed by atoms with E-state index in [2.05, 4.69) is 147 Å². The molecule has 5 atom stereocenters. The first-order valence-electron chi connectivity index (χ1n) is 13.5. The molecule has 3 heteroatoms. The van der Waals surface area contributed by atoms with E-state index in [0.29, 0.717) is 11.6 Å². The summed E-state index contributed by atoms with van der Waals surface area (Å²) < 4.78 is 6.74. The molecule has 0 N–H and O–H groups in total. The van der Waals surface area contributed by atoms with Gasteiger partial charge in [0, 0.05) is 28.7 Å². The van der Waals surface area contributed by atoms with E-state index < -0.39 is 16.1 Å². The Hall–Kier alpha value is -2.82. The van der Waals surface area contributed by atoms with Crippen LogP contribution in [0.4, 0.5) is 0 Å². The van der Waals surface area contributed by atoms with Gasteiger partial charge in [-0.2, -0.15) is 0 Å². The SMILES string of the molecule is CCOP1C(c2ccccc2)=C[C@@H]([C@]2(c3ccccc3)CC=C(c3ccccc3)P2C)[C@@H]1c1ccccc1. The van der Waals surface area contributed by atoms with Gasteiger partial charge in [-0.15, -0.1) is 0 Å². The first-order valence-corrected chi connectivity index (χ1v) is 16.6. The molecule has 190 valence electrons. The maximum Gasteiger partial charge on any atom is 0.0689 e. The van der Waals surface area contributed by atoms with Crippen LogP contribution in [0.5, 0.6) is 0 Å². The minimum Gasteiger partial charge on any atom is -0.354 e. The smallest absolute Gasteiger partial charge is 0.0689 e. The summed E-state index contributed by atoms with van der Waals surface area (Å²) in [6, 6.07) is 44.5. The Labute approximate surface area is 229 Å². The molecule has 2 unspecified atom stereocenters. The Morgan fingerprint density at radius 3 is 1.82 bits per heavy atom. The van der Waals surface area contributed by atoms with Gasteiger partial charge in [-0.1, -0.05) is 141 Å². The van der Waals surface area contributed by atoms with Gasteiger partial charge in [0.15, 0.2) is 0 Å². The van der Waals surface area contributed by atoms with Crippen LogP contribution in [-0.4, -0.2) is 13.3 Å². The van der Waals surface area contributed by atoms with Crippen molar-refractivity contribution in [2.45, 2.75) is 24.2 Å². The van der Waals surface area contributed by atoms with E-state index in [0.717, 1.165) is 13.0 Å². The van der Waals surface area contributed by atoms with E-state index in [9.17, 15) is 0 Å². The largest absolute Gasteiger partial charge is 0.354 e. The number of rotatable bonds is 7. The van der Waals surface area contributed by atoms with E-state index >= 15 is 0 Å². The highest BCUT2D eigenvalue weighted by Crippen LogP contribution is 2.80. The van der Waals surface area contributed by atoms with Gasteiger partial charge in [0.1, 0.15) is 0 Å². The highest BCUT2D eigenvalue weighted by atomic mass is 31.1. The lowest BCUT2D eigenvalue weighted by Gasteiger charge is -2.44. The molecule has 2 aliphatic heterocycles. The Kier molecular flexibility index (Phi) is 7.45. The summed E-state index contributed by atoms with van der Waals surface area (Å²) >= 11 is 0. The Balaban J connectivity index is 1.56. The molecule has 0 fully saturated rings.